The van der Waals surface area contributed by atoms with Crippen molar-refractivity contribution in [1.82, 2.24) is 0 Å². The summed E-state index contributed by atoms with van der Waals surface area (Å²) >= 11 is 15.6. The maximum absolute atomic E-state index is 11.5. The van der Waals surface area contributed by atoms with E-state index in [9.17, 15) is 4.79 Å². The molecule has 25 heavy (non-hydrogen) atoms. The molecule has 0 aromatic heterocycles. The van der Waals surface area contributed by atoms with Gasteiger partial charge in [0.05, 0.1) is 22.5 Å². The Morgan fingerprint density at radius 3 is 2.36 bits per heavy atom. The topological polar surface area (TPSA) is 47.6 Å². The summed E-state index contributed by atoms with van der Waals surface area (Å²) in [6, 6.07) is 8.72. The van der Waals surface area contributed by atoms with Gasteiger partial charge in [0.15, 0.2) is 5.75 Å². The number of anilines is 1. The first-order chi connectivity index (χ1) is 11.8. The molecule has 0 saturated heterocycles. The maximum Gasteiger partial charge on any atom is 0.235 e. The average Bonchev–Trinajstić information content (AvgIpc) is 2.57. The lowest BCUT2D eigenvalue weighted by atomic mass is 10.0. The van der Waals surface area contributed by atoms with Gasteiger partial charge < -0.3 is 14.8 Å². The van der Waals surface area contributed by atoms with E-state index >= 15 is 0 Å². The Kier molecular flexibility index (Phi) is 6.99. The van der Waals surface area contributed by atoms with Crippen LogP contribution in [0, 0.1) is 0 Å². The van der Waals surface area contributed by atoms with E-state index in [2.05, 4.69) is 35.1 Å². The van der Waals surface area contributed by atoms with Gasteiger partial charge >= 0.3 is 0 Å². The van der Waals surface area contributed by atoms with Gasteiger partial charge in [-0.25, -0.2) is 0 Å². The number of ether oxygens (including phenoxy) is 2. The number of rotatable bonds is 6. The number of carbonyl (C=O) groups is 1. The predicted molar refractivity (Wildman–Crippen MR) is 106 cm³/mol. The quantitative estimate of drug-likeness (QED) is 0.533. The Labute approximate surface area is 165 Å². The minimum absolute atomic E-state index is 0.185. The molecule has 0 saturated carbocycles. The molecule has 7 heteroatoms. The highest BCUT2D eigenvalue weighted by Crippen LogP contribution is 2.40. The van der Waals surface area contributed by atoms with Crippen molar-refractivity contribution in [2.45, 2.75) is 19.8 Å². The number of amides is 1. The summed E-state index contributed by atoms with van der Waals surface area (Å²) < 4.78 is 11.2. The van der Waals surface area contributed by atoms with E-state index in [0.29, 0.717) is 27.2 Å². The van der Waals surface area contributed by atoms with Gasteiger partial charge in [-0.3, -0.25) is 4.79 Å². The Hall–Kier alpha value is -1.43. The third kappa shape index (κ3) is 5.03. The molecule has 0 aliphatic carbocycles. The summed E-state index contributed by atoms with van der Waals surface area (Å²) in [6.07, 6.45) is 0. The molecular weight excluding hydrogens is 429 g/mol. The van der Waals surface area contributed by atoms with Gasteiger partial charge in [0.25, 0.3) is 0 Å². The van der Waals surface area contributed by atoms with Crippen LogP contribution in [0.4, 0.5) is 5.69 Å². The zero-order valence-electron chi connectivity index (χ0n) is 14.0. The number of halogens is 3. The fourth-order valence-electron chi connectivity index (χ4n) is 2.27. The van der Waals surface area contributed by atoms with Crippen LogP contribution in [-0.2, 0) is 4.79 Å². The van der Waals surface area contributed by atoms with Gasteiger partial charge in [0.1, 0.15) is 11.5 Å². The highest BCUT2D eigenvalue weighted by atomic mass is 79.9. The molecule has 4 nitrogen and oxygen atoms in total. The lowest BCUT2D eigenvalue weighted by Crippen LogP contribution is -2.12. The molecule has 0 bridgehead atoms. The molecule has 2 aromatic carbocycles. The lowest BCUT2D eigenvalue weighted by molar-refractivity contribution is -0.113. The SMILES string of the molecule is COc1ccc(Oc2c(Cl)cc(NC(=O)CBr)cc2Cl)cc1C(C)C. The molecule has 0 aliphatic rings. The number of hydrogen-bond acceptors (Lipinski definition) is 3. The molecule has 0 atom stereocenters. The first-order valence-electron chi connectivity index (χ1n) is 7.56. The van der Waals surface area contributed by atoms with Crippen molar-refractivity contribution in [3.8, 4) is 17.2 Å². The van der Waals surface area contributed by atoms with Crippen LogP contribution in [0.15, 0.2) is 30.3 Å². The normalized spacial score (nSPS) is 10.7. The fourth-order valence-corrected chi connectivity index (χ4v) is 2.97. The summed E-state index contributed by atoms with van der Waals surface area (Å²) in [5, 5.41) is 3.47. The summed E-state index contributed by atoms with van der Waals surface area (Å²) in [5.41, 5.74) is 1.53. The zero-order valence-corrected chi connectivity index (χ0v) is 17.1. The first-order valence-corrected chi connectivity index (χ1v) is 9.44. The molecule has 0 radical (unpaired) electrons. The van der Waals surface area contributed by atoms with Crippen molar-refractivity contribution in [2.75, 3.05) is 17.8 Å². The smallest absolute Gasteiger partial charge is 0.235 e. The van der Waals surface area contributed by atoms with E-state index in [1.165, 1.54) is 0 Å². The second kappa shape index (κ2) is 8.79. The van der Waals surface area contributed by atoms with Crippen LogP contribution in [0.2, 0.25) is 10.0 Å². The minimum atomic E-state index is -0.197. The third-order valence-corrected chi connectivity index (χ3v) is 4.52. The van der Waals surface area contributed by atoms with Crippen LogP contribution >= 0.6 is 39.1 Å². The highest BCUT2D eigenvalue weighted by Gasteiger charge is 2.14. The predicted octanol–water partition coefficient (Wildman–Crippen LogP) is 6.25. The van der Waals surface area contributed by atoms with Gasteiger partial charge in [-0.05, 0) is 36.2 Å². The van der Waals surface area contributed by atoms with Crippen molar-refractivity contribution in [3.05, 3.63) is 45.9 Å². The minimum Gasteiger partial charge on any atom is -0.496 e. The fraction of sp³-hybridized carbons (Fsp3) is 0.278. The molecule has 0 unspecified atom stereocenters. The van der Waals surface area contributed by atoms with Crippen molar-refractivity contribution in [2.24, 2.45) is 0 Å². The van der Waals surface area contributed by atoms with Crippen LogP contribution in [0.3, 0.4) is 0 Å². The molecule has 134 valence electrons. The van der Waals surface area contributed by atoms with Crippen molar-refractivity contribution in [3.63, 3.8) is 0 Å². The number of benzene rings is 2. The number of methoxy groups -OCH3 is 1. The van der Waals surface area contributed by atoms with E-state index in [-0.39, 0.29) is 17.2 Å². The van der Waals surface area contributed by atoms with Gasteiger partial charge in [0.2, 0.25) is 5.91 Å². The van der Waals surface area contributed by atoms with Crippen LogP contribution < -0.4 is 14.8 Å². The number of nitrogens with one attached hydrogen (secondary N) is 1. The molecular formula is C18H18BrCl2NO3. The molecule has 0 aliphatic heterocycles. The monoisotopic (exact) mass is 445 g/mol. The molecule has 1 N–H and O–H groups in total. The molecule has 2 rings (SSSR count). The number of hydrogen-bond donors (Lipinski definition) is 1. The summed E-state index contributed by atoms with van der Waals surface area (Å²) in [5.74, 6) is 1.81. The lowest BCUT2D eigenvalue weighted by Gasteiger charge is -2.16. The van der Waals surface area contributed by atoms with Gasteiger partial charge in [-0.1, -0.05) is 53.0 Å². The first kappa shape index (κ1) is 19.9. The van der Waals surface area contributed by atoms with Gasteiger partial charge in [-0.15, -0.1) is 0 Å². The second-order valence-electron chi connectivity index (χ2n) is 5.61. The highest BCUT2D eigenvalue weighted by molar-refractivity contribution is 9.09. The van der Waals surface area contributed by atoms with E-state index in [1.54, 1.807) is 25.3 Å². The van der Waals surface area contributed by atoms with E-state index < -0.39 is 0 Å². The van der Waals surface area contributed by atoms with Gasteiger partial charge in [0, 0.05) is 11.3 Å². The Bertz CT molecular complexity index is 758. The molecule has 0 fully saturated rings. The van der Waals surface area contributed by atoms with E-state index in [4.69, 9.17) is 32.7 Å². The number of carbonyl (C=O) groups excluding carboxylic acids is 1. The maximum atomic E-state index is 11.5. The number of alkyl halides is 1. The van der Waals surface area contributed by atoms with Crippen LogP contribution in [0.1, 0.15) is 25.3 Å². The molecule has 2 aromatic rings. The van der Waals surface area contributed by atoms with Crippen LogP contribution in [0.5, 0.6) is 17.2 Å². The molecule has 1 amide bonds. The summed E-state index contributed by atoms with van der Waals surface area (Å²) in [6.45, 7) is 4.14. The Balaban J connectivity index is 2.31. The summed E-state index contributed by atoms with van der Waals surface area (Å²) in [7, 11) is 1.63. The van der Waals surface area contributed by atoms with E-state index in [0.717, 1.165) is 11.3 Å². The second-order valence-corrected chi connectivity index (χ2v) is 6.99. The van der Waals surface area contributed by atoms with Crippen molar-refractivity contribution < 1.29 is 14.3 Å². The summed E-state index contributed by atoms with van der Waals surface area (Å²) in [4.78, 5) is 11.5. The molecule has 0 heterocycles. The van der Waals surface area contributed by atoms with Gasteiger partial charge in [-0.2, -0.15) is 0 Å². The Morgan fingerprint density at radius 2 is 1.84 bits per heavy atom. The average molecular weight is 447 g/mol. The van der Waals surface area contributed by atoms with E-state index in [1.807, 2.05) is 12.1 Å². The van der Waals surface area contributed by atoms with Crippen LogP contribution in [0.25, 0.3) is 0 Å². The van der Waals surface area contributed by atoms with Crippen molar-refractivity contribution in [1.29, 1.82) is 0 Å². The van der Waals surface area contributed by atoms with Crippen molar-refractivity contribution >= 4 is 50.7 Å². The zero-order chi connectivity index (χ0) is 18.6. The largest absolute Gasteiger partial charge is 0.496 e. The standard InChI is InChI=1S/C18H18BrCl2NO3/c1-10(2)13-8-12(4-5-16(13)24-3)25-18-14(20)6-11(7-15(18)21)22-17(23)9-19/h4-8,10H,9H2,1-3H3,(H,22,23). The Morgan fingerprint density at radius 1 is 1.20 bits per heavy atom. The third-order valence-electron chi connectivity index (χ3n) is 3.45. The van der Waals surface area contributed by atoms with Crippen LogP contribution in [-0.4, -0.2) is 18.3 Å². The molecule has 0 spiro atoms.